The van der Waals surface area contributed by atoms with Gasteiger partial charge in [-0.05, 0) is 61.8 Å². The normalized spacial score (nSPS) is 26.5. The lowest BCUT2D eigenvalue weighted by molar-refractivity contribution is -0.199. The van der Waals surface area contributed by atoms with Crippen LogP contribution in [0.5, 0.6) is 0 Å². The van der Waals surface area contributed by atoms with Crippen molar-refractivity contribution in [2.45, 2.75) is 109 Å². The Labute approximate surface area is 277 Å². The fourth-order valence-electron chi connectivity index (χ4n) is 7.37. The van der Waals surface area contributed by atoms with E-state index >= 15 is 0 Å². The predicted molar refractivity (Wildman–Crippen MR) is 174 cm³/mol. The van der Waals surface area contributed by atoms with Crippen molar-refractivity contribution in [2.24, 2.45) is 28.9 Å². The average Bonchev–Trinajstić information content (AvgIpc) is 3.38. The first kappa shape index (κ1) is 36.2. The largest absolute Gasteiger partial charge is 0.481 e. The highest BCUT2D eigenvalue weighted by atomic mass is 16.7. The summed E-state index contributed by atoms with van der Waals surface area (Å²) < 4.78 is 17.6. The van der Waals surface area contributed by atoms with Gasteiger partial charge in [-0.25, -0.2) is 4.79 Å². The SMILES string of the molecule is COC(=O)NC(C(=O)NC(Cc1ccccc1)C(=O)N[C@@H](C)C(=O)NC(CCC(N)=O)B1O[C@@H]2C[C@@H]3CC(C3(C)C)[C@]2(C)O1)C(C)C. The van der Waals surface area contributed by atoms with Gasteiger partial charge in [-0.1, -0.05) is 58.0 Å². The Kier molecular flexibility index (Phi) is 11.3. The molecule has 4 unspecified atom stereocenters. The first-order valence-corrected chi connectivity index (χ1v) is 16.5. The molecule has 1 aromatic rings. The van der Waals surface area contributed by atoms with Crippen LogP contribution in [0.4, 0.5) is 4.79 Å². The number of benzene rings is 1. The summed E-state index contributed by atoms with van der Waals surface area (Å²) in [5.41, 5.74) is 5.85. The maximum Gasteiger partial charge on any atom is 0.481 e. The van der Waals surface area contributed by atoms with Crippen molar-refractivity contribution in [1.82, 2.24) is 21.3 Å². The Bertz CT molecular complexity index is 1330. The van der Waals surface area contributed by atoms with Crippen molar-refractivity contribution in [3.8, 4) is 0 Å². The van der Waals surface area contributed by atoms with Crippen LogP contribution < -0.4 is 27.0 Å². The zero-order valence-corrected chi connectivity index (χ0v) is 28.5. The van der Waals surface area contributed by atoms with Gasteiger partial charge in [-0.3, -0.25) is 19.2 Å². The van der Waals surface area contributed by atoms with Gasteiger partial charge in [0.25, 0.3) is 0 Å². The second-order valence-corrected chi connectivity index (χ2v) is 14.3. The molecule has 0 spiro atoms. The van der Waals surface area contributed by atoms with Crippen molar-refractivity contribution < 1.29 is 38.0 Å². The highest BCUT2D eigenvalue weighted by Gasteiger charge is 2.68. The van der Waals surface area contributed by atoms with Crippen LogP contribution in [0, 0.1) is 23.2 Å². The molecule has 2 bridgehead atoms. The zero-order chi connectivity index (χ0) is 34.7. The Morgan fingerprint density at radius 2 is 1.64 bits per heavy atom. The molecular formula is C33H50BN5O8. The van der Waals surface area contributed by atoms with Crippen LogP contribution in [-0.4, -0.2) is 79.7 Å². The maximum absolute atomic E-state index is 13.6. The van der Waals surface area contributed by atoms with E-state index in [1.165, 1.54) is 14.0 Å². The lowest BCUT2D eigenvalue weighted by Crippen LogP contribution is -2.65. The first-order chi connectivity index (χ1) is 22.1. The fourth-order valence-corrected chi connectivity index (χ4v) is 7.37. The van der Waals surface area contributed by atoms with Gasteiger partial charge in [-0.2, -0.15) is 0 Å². The number of methoxy groups -OCH3 is 1. The second kappa shape index (κ2) is 14.6. The van der Waals surface area contributed by atoms with Crippen molar-refractivity contribution in [3.05, 3.63) is 35.9 Å². The standard InChI is InChI=1S/C33H50BN5O8/c1-18(2)27(39-31(44)45-7)30(43)37-22(15-20-11-9-8-10-12-20)29(42)36-19(3)28(41)38-25(13-14-26(35)40)34-46-24-17-21-16-23(32(21,4)5)33(24,6)47-34/h8-12,18-19,21-25,27H,13-17H2,1-7H3,(H2,35,40)(H,36,42)(H,37,43)(H,38,41)(H,39,44)/t19-,21-,22?,23?,24+,25?,27?,33-/m0/s1. The molecule has 4 aliphatic rings. The van der Waals surface area contributed by atoms with Crippen LogP contribution in [0.2, 0.25) is 0 Å². The quantitative estimate of drug-likeness (QED) is 0.187. The molecule has 5 rings (SSSR count). The van der Waals surface area contributed by atoms with Crippen LogP contribution in [-0.2, 0) is 39.6 Å². The monoisotopic (exact) mass is 655 g/mol. The zero-order valence-electron chi connectivity index (χ0n) is 28.5. The molecule has 47 heavy (non-hydrogen) atoms. The van der Waals surface area contributed by atoms with E-state index in [9.17, 15) is 24.0 Å². The number of ether oxygens (including phenoxy) is 1. The number of hydrogen-bond donors (Lipinski definition) is 5. The van der Waals surface area contributed by atoms with E-state index in [0.717, 1.165) is 18.4 Å². The Morgan fingerprint density at radius 1 is 0.957 bits per heavy atom. The van der Waals surface area contributed by atoms with Gasteiger partial charge < -0.3 is 41.0 Å². The van der Waals surface area contributed by atoms with Gasteiger partial charge in [0, 0.05) is 12.8 Å². The van der Waals surface area contributed by atoms with E-state index in [-0.39, 0.29) is 36.7 Å². The van der Waals surface area contributed by atoms with E-state index in [1.54, 1.807) is 13.8 Å². The Morgan fingerprint density at radius 3 is 2.23 bits per heavy atom. The number of carbonyl (C=O) groups is 5. The van der Waals surface area contributed by atoms with Crippen molar-refractivity contribution in [3.63, 3.8) is 0 Å². The molecule has 258 valence electrons. The van der Waals surface area contributed by atoms with Gasteiger partial charge in [0.2, 0.25) is 23.6 Å². The number of nitrogens with two attached hydrogens (primary N) is 1. The van der Waals surface area contributed by atoms with Gasteiger partial charge in [0.1, 0.15) is 18.1 Å². The molecule has 0 radical (unpaired) electrons. The highest BCUT2D eigenvalue weighted by molar-refractivity contribution is 6.48. The summed E-state index contributed by atoms with van der Waals surface area (Å²) in [7, 11) is 0.412. The van der Waals surface area contributed by atoms with E-state index in [1.807, 2.05) is 30.3 Å². The molecule has 5 amide bonds. The third kappa shape index (κ3) is 8.09. The second-order valence-electron chi connectivity index (χ2n) is 14.3. The lowest BCUT2D eigenvalue weighted by atomic mass is 9.43. The number of nitrogens with one attached hydrogen (secondary N) is 4. The van der Waals surface area contributed by atoms with E-state index < -0.39 is 66.5 Å². The Hall–Kier alpha value is -3.65. The van der Waals surface area contributed by atoms with Crippen molar-refractivity contribution in [1.29, 1.82) is 0 Å². The van der Waals surface area contributed by atoms with Crippen LogP contribution in [0.25, 0.3) is 0 Å². The maximum atomic E-state index is 13.6. The van der Waals surface area contributed by atoms with E-state index in [4.69, 9.17) is 15.0 Å². The number of carbonyl (C=O) groups excluding carboxylic acids is 5. The minimum absolute atomic E-state index is 0.00957. The Balaban J connectivity index is 1.45. The van der Waals surface area contributed by atoms with Gasteiger partial charge in [0.15, 0.2) is 0 Å². The summed E-state index contributed by atoms with van der Waals surface area (Å²) in [5.74, 6) is -2.33. The summed E-state index contributed by atoms with van der Waals surface area (Å²) in [4.78, 5) is 64.0. The summed E-state index contributed by atoms with van der Waals surface area (Å²) >= 11 is 0. The van der Waals surface area contributed by atoms with Gasteiger partial charge >= 0.3 is 13.2 Å². The lowest BCUT2D eigenvalue weighted by Gasteiger charge is -2.64. The highest BCUT2D eigenvalue weighted by Crippen LogP contribution is 2.65. The predicted octanol–water partition coefficient (Wildman–Crippen LogP) is 1.62. The van der Waals surface area contributed by atoms with Crippen LogP contribution in [0.3, 0.4) is 0 Å². The number of amides is 5. The number of hydrogen-bond acceptors (Lipinski definition) is 8. The molecule has 1 saturated heterocycles. The summed E-state index contributed by atoms with van der Waals surface area (Å²) in [5, 5.41) is 10.9. The van der Waals surface area contributed by atoms with Crippen LogP contribution in [0.15, 0.2) is 30.3 Å². The van der Waals surface area contributed by atoms with Crippen molar-refractivity contribution in [2.75, 3.05) is 7.11 Å². The molecule has 6 N–H and O–H groups in total. The van der Waals surface area contributed by atoms with E-state index in [0.29, 0.717) is 11.8 Å². The molecule has 4 fully saturated rings. The molecule has 1 aliphatic heterocycles. The molecule has 14 heteroatoms. The van der Waals surface area contributed by atoms with Crippen molar-refractivity contribution >= 4 is 36.8 Å². The molecule has 13 nitrogen and oxygen atoms in total. The molecule has 1 heterocycles. The summed E-state index contributed by atoms with van der Waals surface area (Å²) in [6.07, 6.45) is 1.37. The average molecular weight is 656 g/mol. The smallest absolute Gasteiger partial charge is 0.453 e. The summed E-state index contributed by atoms with van der Waals surface area (Å²) in [6.45, 7) is 11.6. The third-order valence-electron chi connectivity index (χ3n) is 10.4. The topological polar surface area (TPSA) is 187 Å². The van der Waals surface area contributed by atoms with E-state index in [2.05, 4.69) is 46.8 Å². The number of rotatable bonds is 14. The molecule has 1 aromatic carbocycles. The minimum atomic E-state index is -1.06. The molecule has 8 atom stereocenters. The summed E-state index contributed by atoms with van der Waals surface area (Å²) in [6, 6.07) is 6.07. The number of alkyl carbamates (subject to hydrolysis) is 1. The first-order valence-electron chi connectivity index (χ1n) is 16.5. The van der Waals surface area contributed by atoms with Gasteiger partial charge in [0.05, 0.1) is 24.8 Å². The molecular weight excluding hydrogens is 605 g/mol. The fraction of sp³-hybridized carbons (Fsp3) is 0.667. The third-order valence-corrected chi connectivity index (χ3v) is 10.4. The molecule has 3 saturated carbocycles. The molecule has 0 aromatic heterocycles. The van der Waals surface area contributed by atoms with Gasteiger partial charge in [-0.15, -0.1) is 0 Å². The minimum Gasteiger partial charge on any atom is -0.453 e. The van der Waals surface area contributed by atoms with Crippen LogP contribution >= 0.6 is 0 Å². The van der Waals surface area contributed by atoms with Crippen LogP contribution in [0.1, 0.15) is 72.8 Å². The number of primary amides is 1. The molecule has 3 aliphatic carbocycles.